The van der Waals surface area contributed by atoms with Crippen LogP contribution in [0.4, 0.5) is 0 Å². The summed E-state index contributed by atoms with van der Waals surface area (Å²) in [6.45, 7) is 9.06. The highest BCUT2D eigenvalue weighted by Gasteiger charge is 2.33. The third-order valence-electron chi connectivity index (χ3n) is 4.94. The summed E-state index contributed by atoms with van der Waals surface area (Å²) in [5.41, 5.74) is 8.02. The fraction of sp³-hybridized carbons (Fsp3) is 0.647. The molecule has 1 aromatic carbocycles. The van der Waals surface area contributed by atoms with Crippen LogP contribution in [-0.4, -0.2) is 24.0 Å². The van der Waals surface area contributed by atoms with Crippen LogP contribution in [0.5, 0.6) is 0 Å². The number of likely N-dealkylation sites (tertiary alicyclic amines) is 1. The van der Waals surface area contributed by atoms with Gasteiger partial charge in [0, 0.05) is 17.1 Å². The lowest BCUT2D eigenvalue weighted by Crippen LogP contribution is -2.45. The highest BCUT2D eigenvalue weighted by atomic mass is 35.5. The molecule has 2 unspecified atom stereocenters. The Kier molecular flexibility index (Phi) is 5.11. The molecule has 112 valence electrons. The van der Waals surface area contributed by atoms with Crippen molar-refractivity contribution in [3.05, 3.63) is 34.9 Å². The number of hydrogen-bond acceptors (Lipinski definition) is 2. The van der Waals surface area contributed by atoms with Crippen molar-refractivity contribution in [2.24, 2.45) is 11.1 Å². The van der Waals surface area contributed by atoms with Gasteiger partial charge in [0.05, 0.1) is 0 Å². The van der Waals surface area contributed by atoms with Crippen LogP contribution in [0.2, 0.25) is 5.02 Å². The fourth-order valence-electron chi connectivity index (χ4n) is 3.23. The Morgan fingerprint density at radius 2 is 2.00 bits per heavy atom. The topological polar surface area (TPSA) is 29.3 Å². The van der Waals surface area contributed by atoms with Crippen molar-refractivity contribution in [2.75, 3.05) is 13.1 Å². The molecular weight excluding hydrogens is 268 g/mol. The van der Waals surface area contributed by atoms with Crippen molar-refractivity contribution in [2.45, 2.75) is 52.1 Å². The molecule has 2 N–H and O–H groups in total. The maximum atomic E-state index is 6.26. The minimum Gasteiger partial charge on any atom is -0.326 e. The Morgan fingerprint density at radius 1 is 1.35 bits per heavy atom. The molecule has 1 heterocycles. The molecule has 2 rings (SSSR count). The van der Waals surface area contributed by atoms with E-state index in [-0.39, 0.29) is 12.1 Å². The van der Waals surface area contributed by atoms with Gasteiger partial charge in [0.2, 0.25) is 0 Å². The second-order valence-corrected chi connectivity index (χ2v) is 7.00. The molecule has 1 fully saturated rings. The van der Waals surface area contributed by atoms with Gasteiger partial charge in [0.1, 0.15) is 0 Å². The molecule has 0 amide bonds. The summed E-state index contributed by atoms with van der Waals surface area (Å²) in [6.07, 6.45) is 3.78. The molecule has 0 radical (unpaired) electrons. The fourth-order valence-corrected chi connectivity index (χ4v) is 3.43. The molecule has 0 saturated carbocycles. The van der Waals surface area contributed by atoms with Crippen molar-refractivity contribution >= 4 is 11.6 Å². The van der Waals surface area contributed by atoms with E-state index in [2.05, 4.69) is 37.8 Å². The zero-order valence-electron chi connectivity index (χ0n) is 12.9. The Hall–Kier alpha value is -0.570. The summed E-state index contributed by atoms with van der Waals surface area (Å²) < 4.78 is 0. The first kappa shape index (κ1) is 15.8. The van der Waals surface area contributed by atoms with Gasteiger partial charge in [-0.2, -0.15) is 0 Å². The van der Waals surface area contributed by atoms with Crippen LogP contribution in [0.3, 0.4) is 0 Å². The second kappa shape index (κ2) is 6.46. The van der Waals surface area contributed by atoms with Crippen LogP contribution in [0.1, 0.15) is 51.6 Å². The van der Waals surface area contributed by atoms with Crippen LogP contribution in [-0.2, 0) is 0 Å². The average molecular weight is 295 g/mol. The number of hydrogen-bond donors (Lipinski definition) is 1. The van der Waals surface area contributed by atoms with Gasteiger partial charge in [-0.3, -0.25) is 4.90 Å². The largest absolute Gasteiger partial charge is 0.326 e. The van der Waals surface area contributed by atoms with Crippen LogP contribution < -0.4 is 5.73 Å². The number of nitrogens with two attached hydrogens (primary N) is 1. The first-order valence-corrected chi connectivity index (χ1v) is 8.08. The second-order valence-electron chi connectivity index (χ2n) is 6.56. The summed E-state index contributed by atoms with van der Waals surface area (Å²) in [5, 5.41) is 0.795. The Bertz CT molecular complexity index is 436. The zero-order valence-corrected chi connectivity index (χ0v) is 13.7. The van der Waals surface area contributed by atoms with Crippen molar-refractivity contribution in [3.8, 4) is 0 Å². The first-order valence-electron chi connectivity index (χ1n) is 7.70. The van der Waals surface area contributed by atoms with Gasteiger partial charge in [-0.15, -0.1) is 0 Å². The predicted molar refractivity (Wildman–Crippen MR) is 87.0 cm³/mol. The predicted octanol–water partition coefficient (Wildman–Crippen LogP) is 4.24. The number of rotatable bonds is 4. The highest BCUT2D eigenvalue weighted by molar-refractivity contribution is 6.30. The zero-order chi connectivity index (χ0) is 14.8. The lowest BCUT2D eigenvalue weighted by Gasteiger charge is -2.43. The van der Waals surface area contributed by atoms with Gasteiger partial charge in [-0.25, -0.2) is 0 Å². The first-order chi connectivity index (χ1) is 9.45. The molecule has 0 aliphatic carbocycles. The molecule has 0 aromatic heterocycles. The molecule has 20 heavy (non-hydrogen) atoms. The van der Waals surface area contributed by atoms with Crippen molar-refractivity contribution in [1.29, 1.82) is 0 Å². The number of piperidine rings is 1. The van der Waals surface area contributed by atoms with E-state index < -0.39 is 0 Å². The van der Waals surface area contributed by atoms with Crippen molar-refractivity contribution in [3.63, 3.8) is 0 Å². The summed E-state index contributed by atoms with van der Waals surface area (Å²) in [4.78, 5) is 2.54. The maximum absolute atomic E-state index is 6.26. The van der Waals surface area contributed by atoms with Gasteiger partial charge >= 0.3 is 0 Å². The molecule has 0 spiro atoms. The van der Waals surface area contributed by atoms with Crippen molar-refractivity contribution in [1.82, 2.24) is 4.90 Å². The van der Waals surface area contributed by atoms with E-state index in [0.717, 1.165) is 18.1 Å². The average Bonchev–Trinajstić information content (AvgIpc) is 2.41. The Labute approximate surface area is 128 Å². The van der Waals surface area contributed by atoms with E-state index in [9.17, 15) is 0 Å². The molecular formula is C17H27ClN2. The standard InChI is InChI=1S/C17H27ClN2/c1-4-17(3)8-10-20(11-9-17)16(13(2)19)14-6-5-7-15(18)12-14/h5-7,12-13,16H,4,8-11,19H2,1-3H3. The highest BCUT2D eigenvalue weighted by Crippen LogP contribution is 2.37. The lowest BCUT2D eigenvalue weighted by atomic mass is 9.77. The quantitative estimate of drug-likeness (QED) is 0.900. The minimum atomic E-state index is 0.111. The molecule has 1 aliphatic rings. The van der Waals surface area contributed by atoms with E-state index in [1.54, 1.807) is 0 Å². The number of nitrogens with zero attached hydrogens (tertiary/aromatic N) is 1. The van der Waals surface area contributed by atoms with Gasteiger partial charge in [-0.05, 0) is 56.0 Å². The van der Waals surface area contributed by atoms with Crippen LogP contribution >= 0.6 is 11.6 Å². The van der Waals surface area contributed by atoms with E-state index in [4.69, 9.17) is 17.3 Å². The molecule has 0 bridgehead atoms. The van der Waals surface area contributed by atoms with Gasteiger partial charge < -0.3 is 5.73 Å². The van der Waals surface area contributed by atoms with E-state index in [0.29, 0.717) is 5.41 Å². The monoisotopic (exact) mass is 294 g/mol. The minimum absolute atomic E-state index is 0.111. The summed E-state index contributed by atoms with van der Waals surface area (Å²) >= 11 is 6.14. The third-order valence-corrected chi connectivity index (χ3v) is 5.18. The molecule has 1 aromatic rings. The van der Waals surface area contributed by atoms with Gasteiger partial charge in [0.15, 0.2) is 0 Å². The maximum Gasteiger partial charge on any atom is 0.0497 e. The lowest BCUT2D eigenvalue weighted by molar-refractivity contribution is 0.0721. The SMILES string of the molecule is CCC1(C)CCN(C(c2cccc(Cl)c2)C(C)N)CC1. The molecule has 2 nitrogen and oxygen atoms in total. The van der Waals surface area contributed by atoms with Gasteiger partial charge in [0.25, 0.3) is 0 Å². The third kappa shape index (κ3) is 3.55. The van der Waals surface area contributed by atoms with Crippen LogP contribution in [0, 0.1) is 5.41 Å². The van der Waals surface area contributed by atoms with E-state index in [1.807, 2.05) is 12.1 Å². The van der Waals surface area contributed by atoms with Crippen LogP contribution in [0.25, 0.3) is 0 Å². The van der Waals surface area contributed by atoms with E-state index in [1.165, 1.54) is 24.8 Å². The van der Waals surface area contributed by atoms with E-state index >= 15 is 0 Å². The van der Waals surface area contributed by atoms with Crippen molar-refractivity contribution < 1.29 is 0 Å². The molecule has 2 atom stereocenters. The summed E-state index contributed by atoms with van der Waals surface area (Å²) in [5.74, 6) is 0. The molecule has 3 heteroatoms. The van der Waals surface area contributed by atoms with Gasteiger partial charge in [-0.1, -0.05) is 44.0 Å². The number of halogens is 1. The number of benzene rings is 1. The Morgan fingerprint density at radius 3 is 2.50 bits per heavy atom. The smallest absolute Gasteiger partial charge is 0.0497 e. The van der Waals surface area contributed by atoms with Crippen LogP contribution in [0.15, 0.2) is 24.3 Å². The molecule has 1 saturated heterocycles. The normalized spacial score (nSPS) is 22.4. The summed E-state index contributed by atoms with van der Waals surface area (Å²) in [6, 6.07) is 8.53. The Balaban J connectivity index is 2.15. The molecule has 1 aliphatic heterocycles. The summed E-state index contributed by atoms with van der Waals surface area (Å²) in [7, 11) is 0.